The molecule has 0 aliphatic rings. The molecule has 0 saturated carbocycles. The minimum Gasteiger partial charge on any atom is -0.419 e. The van der Waals surface area contributed by atoms with Crippen LogP contribution in [-0.2, 0) is 12.6 Å². The Hall–Kier alpha value is -2.05. The number of rotatable bonds is 3. The summed E-state index contributed by atoms with van der Waals surface area (Å²) < 4.78 is 43.1. The number of halogens is 3. The third kappa shape index (κ3) is 2.76. The van der Waals surface area contributed by atoms with E-state index in [0.717, 1.165) is 23.5 Å². The number of hydrogen-bond donors (Lipinski definition) is 1. The van der Waals surface area contributed by atoms with Crippen LogP contribution in [0.2, 0.25) is 0 Å². The molecule has 2 rings (SSSR count). The predicted molar refractivity (Wildman–Crippen MR) is 66.8 cm³/mol. The van der Waals surface area contributed by atoms with Gasteiger partial charge in [-0.1, -0.05) is 6.92 Å². The third-order valence-corrected chi connectivity index (χ3v) is 2.94. The van der Waals surface area contributed by atoms with Crippen molar-refractivity contribution in [2.24, 2.45) is 0 Å². The Morgan fingerprint density at radius 2 is 1.95 bits per heavy atom. The second-order valence-electron chi connectivity index (χ2n) is 4.43. The van der Waals surface area contributed by atoms with Crippen LogP contribution in [0.1, 0.15) is 29.3 Å². The van der Waals surface area contributed by atoms with E-state index in [1.807, 2.05) is 13.8 Å². The monoisotopic (exact) mass is 285 g/mol. The average molecular weight is 285 g/mol. The van der Waals surface area contributed by atoms with E-state index in [2.05, 4.69) is 15.2 Å². The van der Waals surface area contributed by atoms with Crippen LogP contribution in [0.5, 0.6) is 11.8 Å². The Balaban J connectivity index is 2.30. The molecule has 7 heteroatoms. The number of pyridine rings is 1. The summed E-state index contributed by atoms with van der Waals surface area (Å²) in [6.45, 7) is 5.31. The Morgan fingerprint density at radius 3 is 2.50 bits per heavy atom. The van der Waals surface area contributed by atoms with Gasteiger partial charge in [-0.2, -0.15) is 13.2 Å². The molecule has 0 amide bonds. The quantitative estimate of drug-likeness (QED) is 0.933. The van der Waals surface area contributed by atoms with Crippen LogP contribution >= 0.6 is 0 Å². The average Bonchev–Trinajstić information content (AvgIpc) is 2.71. The van der Waals surface area contributed by atoms with E-state index in [0.29, 0.717) is 17.9 Å². The highest BCUT2D eigenvalue weighted by Gasteiger charge is 2.31. The summed E-state index contributed by atoms with van der Waals surface area (Å²) in [6.07, 6.45) is -2.95. The molecule has 2 aromatic rings. The first-order chi connectivity index (χ1) is 9.32. The van der Waals surface area contributed by atoms with Gasteiger partial charge in [-0.25, -0.2) is 4.98 Å². The van der Waals surface area contributed by atoms with Gasteiger partial charge in [-0.3, -0.25) is 5.10 Å². The molecule has 0 spiro atoms. The normalized spacial score (nSPS) is 11.7. The van der Waals surface area contributed by atoms with E-state index in [1.165, 1.54) is 6.92 Å². The molecule has 0 aromatic carbocycles. The fourth-order valence-electron chi connectivity index (χ4n) is 1.85. The fourth-order valence-corrected chi connectivity index (χ4v) is 1.85. The van der Waals surface area contributed by atoms with Gasteiger partial charge < -0.3 is 4.74 Å². The smallest absolute Gasteiger partial charge is 0.417 e. The van der Waals surface area contributed by atoms with Gasteiger partial charge in [0.2, 0.25) is 11.8 Å². The summed E-state index contributed by atoms with van der Waals surface area (Å²) in [4.78, 5) is 3.73. The van der Waals surface area contributed by atoms with Crippen molar-refractivity contribution in [3.8, 4) is 11.8 Å². The fraction of sp³-hybridized carbons (Fsp3) is 0.385. The summed E-state index contributed by atoms with van der Waals surface area (Å²) in [5, 5.41) is 6.77. The molecule has 0 aliphatic carbocycles. The summed E-state index contributed by atoms with van der Waals surface area (Å²) in [5.41, 5.74) is 1.26. The number of nitrogens with zero attached hydrogens (tertiary/aromatic N) is 2. The maximum absolute atomic E-state index is 12.6. The van der Waals surface area contributed by atoms with E-state index < -0.39 is 11.7 Å². The van der Waals surface area contributed by atoms with E-state index in [4.69, 9.17) is 4.74 Å². The molecule has 2 aromatic heterocycles. The van der Waals surface area contributed by atoms with Crippen molar-refractivity contribution in [2.75, 3.05) is 0 Å². The van der Waals surface area contributed by atoms with Gasteiger partial charge in [-0.15, -0.1) is 5.10 Å². The highest BCUT2D eigenvalue weighted by atomic mass is 19.4. The van der Waals surface area contributed by atoms with Gasteiger partial charge in [0.05, 0.1) is 5.56 Å². The van der Waals surface area contributed by atoms with Crippen molar-refractivity contribution < 1.29 is 17.9 Å². The number of aryl methyl sites for hydroxylation is 2. The minimum atomic E-state index is -4.41. The number of ether oxygens (including phenoxy) is 1. The maximum atomic E-state index is 12.6. The van der Waals surface area contributed by atoms with Crippen LogP contribution in [0.3, 0.4) is 0 Å². The number of aromatic amines is 1. The first kappa shape index (κ1) is 14.4. The number of nitrogens with one attached hydrogen (secondary N) is 1. The molecule has 108 valence electrons. The molecule has 0 unspecified atom stereocenters. The highest BCUT2D eigenvalue weighted by molar-refractivity contribution is 5.36. The van der Waals surface area contributed by atoms with Gasteiger partial charge >= 0.3 is 6.18 Å². The Morgan fingerprint density at radius 1 is 1.25 bits per heavy atom. The largest absolute Gasteiger partial charge is 0.419 e. The highest BCUT2D eigenvalue weighted by Crippen LogP contribution is 2.32. The van der Waals surface area contributed by atoms with Crippen LogP contribution in [0.4, 0.5) is 13.2 Å². The molecule has 20 heavy (non-hydrogen) atoms. The first-order valence-electron chi connectivity index (χ1n) is 6.08. The van der Waals surface area contributed by atoms with Crippen LogP contribution < -0.4 is 4.74 Å². The molecule has 1 N–H and O–H groups in total. The van der Waals surface area contributed by atoms with Gasteiger partial charge in [0.1, 0.15) is 0 Å². The molecule has 0 radical (unpaired) electrons. The lowest BCUT2D eigenvalue weighted by molar-refractivity contribution is -0.137. The van der Waals surface area contributed by atoms with Crippen molar-refractivity contribution >= 4 is 0 Å². The standard InChI is InChI=1S/C13H14F3N3O/c1-4-10-8(3)18-19-12(10)20-11-7(2)5-9(6-17-11)13(14,15)16/h5-6H,4H2,1-3H3,(H,18,19). The summed E-state index contributed by atoms with van der Waals surface area (Å²) in [6, 6.07) is 1.01. The summed E-state index contributed by atoms with van der Waals surface area (Å²) in [5.74, 6) is 0.472. The molecule has 0 bridgehead atoms. The molecular weight excluding hydrogens is 271 g/mol. The lowest BCUT2D eigenvalue weighted by atomic mass is 10.2. The zero-order valence-electron chi connectivity index (χ0n) is 11.3. The van der Waals surface area contributed by atoms with E-state index in [-0.39, 0.29) is 5.88 Å². The Labute approximate surface area is 114 Å². The minimum absolute atomic E-state index is 0.124. The van der Waals surface area contributed by atoms with Crippen molar-refractivity contribution in [2.45, 2.75) is 33.4 Å². The van der Waals surface area contributed by atoms with Crippen molar-refractivity contribution in [1.82, 2.24) is 15.2 Å². The Kier molecular flexibility index (Phi) is 3.69. The lowest BCUT2D eigenvalue weighted by Gasteiger charge is -2.10. The second kappa shape index (κ2) is 5.15. The molecular formula is C13H14F3N3O. The molecule has 4 nitrogen and oxygen atoms in total. The first-order valence-corrected chi connectivity index (χ1v) is 6.08. The zero-order valence-corrected chi connectivity index (χ0v) is 11.3. The molecule has 0 aliphatic heterocycles. The number of aromatic nitrogens is 3. The van der Waals surface area contributed by atoms with Gasteiger partial charge in [0.15, 0.2) is 0 Å². The van der Waals surface area contributed by atoms with Crippen LogP contribution in [0.15, 0.2) is 12.3 Å². The third-order valence-electron chi connectivity index (χ3n) is 2.94. The van der Waals surface area contributed by atoms with E-state index in [9.17, 15) is 13.2 Å². The lowest BCUT2D eigenvalue weighted by Crippen LogP contribution is -2.06. The van der Waals surface area contributed by atoms with Crippen LogP contribution in [0, 0.1) is 13.8 Å². The van der Waals surface area contributed by atoms with Gasteiger partial charge in [0, 0.05) is 23.0 Å². The molecule has 0 saturated heterocycles. The molecule has 0 fully saturated rings. The van der Waals surface area contributed by atoms with Crippen molar-refractivity contribution in [3.63, 3.8) is 0 Å². The molecule has 0 atom stereocenters. The van der Waals surface area contributed by atoms with Gasteiger partial charge in [-0.05, 0) is 26.3 Å². The van der Waals surface area contributed by atoms with Crippen molar-refractivity contribution in [1.29, 1.82) is 0 Å². The van der Waals surface area contributed by atoms with Gasteiger partial charge in [0.25, 0.3) is 0 Å². The van der Waals surface area contributed by atoms with Crippen molar-refractivity contribution in [3.05, 3.63) is 34.6 Å². The molecule has 2 heterocycles. The summed E-state index contributed by atoms with van der Waals surface area (Å²) >= 11 is 0. The van der Waals surface area contributed by atoms with Crippen LogP contribution in [-0.4, -0.2) is 15.2 Å². The topological polar surface area (TPSA) is 50.8 Å². The Bertz CT molecular complexity index is 620. The summed E-state index contributed by atoms with van der Waals surface area (Å²) in [7, 11) is 0. The SMILES string of the molecule is CCc1c(Oc2ncc(C(F)(F)F)cc2C)n[nH]c1C. The van der Waals surface area contributed by atoms with E-state index >= 15 is 0 Å². The zero-order chi connectivity index (χ0) is 14.9. The predicted octanol–water partition coefficient (Wildman–Crippen LogP) is 3.80. The number of alkyl halides is 3. The second-order valence-corrected chi connectivity index (χ2v) is 4.43. The maximum Gasteiger partial charge on any atom is 0.417 e. The van der Waals surface area contributed by atoms with Crippen LogP contribution in [0.25, 0.3) is 0 Å². The number of H-pyrrole nitrogens is 1. The number of hydrogen-bond acceptors (Lipinski definition) is 3. The van der Waals surface area contributed by atoms with E-state index in [1.54, 1.807) is 0 Å².